The molecule has 2 aromatic heterocycles. The Balaban J connectivity index is 1.75. The van der Waals surface area contributed by atoms with Crippen molar-refractivity contribution in [3.8, 4) is 22.3 Å². The molecule has 1 saturated carbocycles. The van der Waals surface area contributed by atoms with Crippen molar-refractivity contribution in [3.05, 3.63) is 71.3 Å². The van der Waals surface area contributed by atoms with Crippen molar-refractivity contribution in [1.29, 1.82) is 0 Å². The number of hydrogen-bond acceptors (Lipinski definition) is 2. The van der Waals surface area contributed by atoms with E-state index in [9.17, 15) is 0 Å². The van der Waals surface area contributed by atoms with Crippen LogP contribution in [0.15, 0.2) is 55.0 Å². The topological polar surface area (TPSA) is 25.8 Å². The lowest BCUT2D eigenvalue weighted by molar-refractivity contribution is 1.02. The number of aromatic nitrogens is 2. The van der Waals surface area contributed by atoms with Crippen LogP contribution < -0.4 is 0 Å². The van der Waals surface area contributed by atoms with Crippen LogP contribution in [0.3, 0.4) is 0 Å². The zero-order valence-electron chi connectivity index (χ0n) is 13.0. The lowest BCUT2D eigenvalue weighted by atomic mass is 10.0. The highest BCUT2D eigenvalue weighted by atomic mass is 35.5. The van der Waals surface area contributed by atoms with Gasteiger partial charge in [-0.1, -0.05) is 23.7 Å². The molecule has 2 nitrogen and oxygen atoms in total. The number of aryl methyl sites for hydroxylation is 1. The van der Waals surface area contributed by atoms with Crippen LogP contribution >= 0.6 is 11.6 Å². The predicted molar refractivity (Wildman–Crippen MR) is 94.6 cm³/mol. The van der Waals surface area contributed by atoms with Gasteiger partial charge in [0.05, 0.1) is 0 Å². The van der Waals surface area contributed by atoms with Gasteiger partial charge in [-0.3, -0.25) is 9.97 Å². The summed E-state index contributed by atoms with van der Waals surface area (Å²) in [5, 5.41) is 0.761. The van der Waals surface area contributed by atoms with Gasteiger partial charge in [0.15, 0.2) is 0 Å². The highest BCUT2D eigenvalue weighted by Gasteiger charge is 2.25. The lowest BCUT2D eigenvalue weighted by Crippen LogP contribution is -1.89. The molecule has 0 amide bonds. The summed E-state index contributed by atoms with van der Waals surface area (Å²) in [7, 11) is 0. The molecule has 3 aromatic rings. The monoisotopic (exact) mass is 320 g/mol. The first-order valence-corrected chi connectivity index (χ1v) is 8.26. The summed E-state index contributed by atoms with van der Waals surface area (Å²) < 4.78 is 0. The van der Waals surface area contributed by atoms with Gasteiger partial charge in [-0.05, 0) is 55.2 Å². The minimum absolute atomic E-state index is 0.651. The number of hydrogen-bond donors (Lipinski definition) is 0. The number of halogens is 1. The van der Waals surface area contributed by atoms with E-state index in [4.69, 9.17) is 11.6 Å². The molecule has 4 rings (SSSR count). The Hall–Kier alpha value is -2.19. The molecule has 0 saturated heterocycles. The second-order valence-electron chi connectivity index (χ2n) is 6.19. The Kier molecular flexibility index (Phi) is 3.62. The summed E-state index contributed by atoms with van der Waals surface area (Å²) in [6.07, 6.45) is 8.18. The van der Waals surface area contributed by atoms with Gasteiger partial charge in [-0.25, -0.2) is 0 Å². The van der Waals surface area contributed by atoms with Crippen LogP contribution in [-0.2, 0) is 0 Å². The van der Waals surface area contributed by atoms with Crippen LogP contribution in [0.2, 0.25) is 5.02 Å². The van der Waals surface area contributed by atoms with E-state index in [0.29, 0.717) is 5.92 Å². The Morgan fingerprint density at radius 2 is 1.78 bits per heavy atom. The van der Waals surface area contributed by atoms with Crippen molar-refractivity contribution in [2.45, 2.75) is 25.7 Å². The Morgan fingerprint density at radius 1 is 0.957 bits per heavy atom. The molecule has 1 aliphatic rings. The van der Waals surface area contributed by atoms with E-state index in [1.54, 1.807) is 0 Å². The molecule has 0 bridgehead atoms. The summed E-state index contributed by atoms with van der Waals surface area (Å²) in [5.74, 6) is 0.651. The lowest BCUT2D eigenvalue weighted by Gasteiger charge is -2.08. The molecule has 0 spiro atoms. The van der Waals surface area contributed by atoms with E-state index >= 15 is 0 Å². The maximum Gasteiger partial charge on any atom is 0.0487 e. The van der Waals surface area contributed by atoms with Gasteiger partial charge in [0.25, 0.3) is 0 Å². The zero-order chi connectivity index (χ0) is 15.8. The Labute approximate surface area is 141 Å². The summed E-state index contributed by atoms with van der Waals surface area (Å²) >= 11 is 6.40. The number of nitrogens with zero attached hydrogens (tertiary/aromatic N) is 2. The molecule has 1 fully saturated rings. The number of rotatable bonds is 3. The van der Waals surface area contributed by atoms with E-state index in [1.807, 2.05) is 37.6 Å². The first-order valence-electron chi connectivity index (χ1n) is 7.88. The molecule has 3 heteroatoms. The van der Waals surface area contributed by atoms with Crippen LogP contribution in [0.25, 0.3) is 22.3 Å². The normalized spacial score (nSPS) is 14.0. The fraction of sp³-hybridized carbons (Fsp3) is 0.200. The third-order valence-electron chi connectivity index (χ3n) is 4.28. The van der Waals surface area contributed by atoms with Gasteiger partial charge < -0.3 is 0 Å². The highest BCUT2D eigenvalue weighted by Crippen LogP contribution is 2.40. The fourth-order valence-electron chi connectivity index (χ4n) is 2.83. The van der Waals surface area contributed by atoms with Gasteiger partial charge in [0.1, 0.15) is 0 Å². The molecule has 0 unspecified atom stereocenters. The van der Waals surface area contributed by atoms with Crippen LogP contribution in [-0.4, -0.2) is 9.97 Å². The van der Waals surface area contributed by atoms with Crippen molar-refractivity contribution < 1.29 is 0 Å². The summed E-state index contributed by atoms with van der Waals surface area (Å²) in [6.45, 7) is 2.04. The summed E-state index contributed by atoms with van der Waals surface area (Å²) in [4.78, 5) is 8.90. The molecule has 1 aliphatic carbocycles. The maximum atomic E-state index is 6.40. The average Bonchev–Trinajstić information content (AvgIpc) is 3.40. The first kappa shape index (κ1) is 14.4. The van der Waals surface area contributed by atoms with Crippen LogP contribution in [0.1, 0.15) is 30.0 Å². The van der Waals surface area contributed by atoms with E-state index in [0.717, 1.165) is 27.3 Å². The Morgan fingerprint density at radius 3 is 2.57 bits per heavy atom. The van der Waals surface area contributed by atoms with E-state index in [1.165, 1.54) is 24.1 Å². The van der Waals surface area contributed by atoms with Crippen molar-refractivity contribution in [3.63, 3.8) is 0 Å². The van der Waals surface area contributed by atoms with E-state index < -0.39 is 0 Å². The van der Waals surface area contributed by atoms with Gasteiger partial charge in [0.2, 0.25) is 0 Å². The van der Waals surface area contributed by atoms with E-state index in [-0.39, 0.29) is 0 Å². The minimum Gasteiger partial charge on any atom is -0.263 e. The van der Waals surface area contributed by atoms with Crippen LogP contribution in [0.5, 0.6) is 0 Å². The van der Waals surface area contributed by atoms with Crippen LogP contribution in [0.4, 0.5) is 0 Å². The summed E-state index contributed by atoms with van der Waals surface area (Å²) in [5.41, 5.74) is 6.68. The number of benzene rings is 1. The number of pyridine rings is 2. The Bertz CT molecular complexity index is 869. The average molecular weight is 321 g/mol. The molecule has 0 atom stereocenters. The zero-order valence-corrected chi connectivity index (χ0v) is 13.7. The largest absolute Gasteiger partial charge is 0.263 e. The smallest absolute Gasteiger partial charge is 0.0487 e. The minimum atomic E-state index is 0.651. The SMILES string of the molecule is Cc1ccc(-c2cncc(-c3ccnc(C4CC4)c3)c2)c(Cl)c1. The van der Waals surface area contributed by atoms with Crippen molar-refractivity contribution in [2.75, 3.05) is 0 Å². The van der Waals surface area contributed by atoms with Crippen LogP contribution in [0, 0.1) is 6.92 Å². The van der Waals surface area contributed by atoms with Gasteiger partial charge in [0, 0.05) is 51.9 Å². The standard InChI is InChI=1S/C20H17ClN2/c1-13-2-5-18(19(21)8-13)17-9-16(11-22-12-17)15-6-7-23-20(10-15)14-3-4-14/h2,5-12,14H,3-4H2,1H3. The third-order valence-corrected chi connectivity index (χ3v) is 4.60. The van der Waals surface area contributed by atoms with Gasteiger partial charge >= 0.3 is 0 Å². The molecular weight excluding hydrogens is 304 g/mol. The first-order chi connectivity index (χ1) is 11.2. The molecule has 2 heterocycles. The van der Waals surface area contributed by atoms with Crippen molar-refractivity contribution in [2.24, 2.45) is 0 Å². The fourth-order valence-corrected chi connectivity index (χ4v) is 3.17. The maximum absolute atomic E-state index is 6.40. The molecule has 23 heavy (non-hydrogen) atoms. The molecule has 1 aromatic carbocycles. The van der Waals surface area contributed by atoms with Gasteiger partial charge in [-0.15, -0.1) is 0 Å². The molecular formula is C20H17ClN2. The van der Waals surface area contributed by atoms with E-state index in [2.05, 4.69) is 34.2 Å². The summed E-state index contributed by atoms with van der Waals surface area (Å²) in [6, 6.07) is 12.5. The van der Waals surface area contributed by atoms with Gasteiger partial charge in [-0.2, -0.15) is 0 Å². The molecule has 114 valence electrons. The molecule has 0 N–H and O–H groups in total. The highest BCUT2D eigenvalue weighted by molar-refractivity contribution is 6.33. The molecule has 0 aliphatic heterocycles. The van der Waals surface area contributed by atoms with Crippen molar-refractivity contribution >= 4 is 11.6 Å². The third kappa shape index (κ3) is 2.99. The quantitative estimate of drug-likeness (QED) is 0.623. The second kappa shape index (κ2) is 5.78. The second-order valence-corrected chi connectivity index (χ2v) is 6.60. The molecule has 0 radical (unpaired) electrons. The predicted octanol–water partition coefficient (Wildman–Crippen LogP) is 5.65. The van der Waals surface area contributed by atoms with Crippen molar-refractivity contribution in [1.82, 2.24) is 9.97 Å².